The second-order valence-corrected chi connectivity index (χ2v) is 5.76. The van der Waals surface area contributed by atoms with E-state index in [1.165, 1.54) is 0 Å². The highest BCUT2D eigenvalue weighted by molar-refractivity contribution is 6.10. The Bertz CT molecular complexity index is 1030. The predicted molar refractivity (Wildman–Crippen MR) is 98.3 cm³/mol. The minimum absolute atomic E-state index is 0.395. The van der Waals surface area contributed by atoms with Gasteiger partial charge in [-0.3, -0.25) is 5.10 Å². The molecule has 0 amide bonds. The van der Waals surface area contributed by atoms with E-state index in [1.54, 1.807) is 0 Å². The van der Waals surface area contributed by atoms with Gasteiger partial charge < -0.3 is 11.5 Å². The van der Waals surface area contributed by atoms with Gasteiger partial charge in [0, 0.05) is 11.1 Å². The molecule has 118 valence electrons. The quantitative estimate of drug-likeness (QED) is 0.525. The van der Waals surface area contributed by atoms with Crippen LogP contribution >= 0.6 is 0 Å². The Balaban J connectivity index is 2.18. The van der Waals surface area contributed by atoms with Crippen molar-refractivity contribution in [2.24, 2.45) is 0 Å². The Morgan fingerprint density at radius 1 is 0.875 bits per heavy atom. The molecule has 5 heteroatoms. The van der Waals surface area contributed by atoms with Crippen LogP contribution in [0.5, 0.6) is 0 Å². The molecule has 0 fully saturated rings. The summed E-state index contributed by atoms with van der Waals surface area (Å²) in [6.45, 7) is 2.06. The van der Waals surface area contributed by atoms with E-state index in [-0.39, 0.29) is 0 Å². The molecule has 0 aliphatic rings. The molecule has 5 nitrogen and oxygen atoms in total. The Morgan fingerprint density at radius 2 is 1.58 bits per heavy atom. The number of hydrogen-bond donors (Lipinski definition) is 3. The molecule has 2 aromatic heterocycles. The van der Waals surface area contributed by atoms with Crippen LogP contribution in [0.2, 0.25) is 0 Å². The zero-order valence-electron chi connectivity index (χ0n) is 13.2. The lowest BCUT2D eigenvalue weighted by atomic mass is 9.94. The molecule has 2 aromatic carbocycles. The van der Waals surface area contributed by atoms with Crippen LogP contribution in [0.4, 0.5) is 11.6 Å². The molecule has 0 aliphatic carbocycles. The van der Waals surface area contributed by atoms with E-state index in [4.69, 9.17) is 11.5 Å². The van der Waals surface area contributed by atoms with E-state index < -0.39 is 0 Å². The molecule has 2 heterocycles. The van der Waals surface area contributed by atoms with Gasteiger partial charge in [-0.2, -0.15) is 5.10 Å². The van der Waals surface area contributed by atoms with E-state index in [2.05, 4.69) is 28.2 Å². The number of nitrogens with one attached hydrogen (secondary N) is 1. The van der Waals surface area contributed by atoms with Crippen LogP contribution in [0.25, 0.3) is 33.3 Å². The second kappa shape index (κ2) is 5.38. The highest BCUT2D eigenvalue weighted by Crippen LogP contribution is 2.40. The number of nitrogens with two attached hydrogens (primary N) is 2. The van der Waals surface area contributed by atoms with Gasteiger partial charge in [0.15, 0.2) is 5.82 Å². The van der Waals surface area contributed by atoms with Crippen molar-refractivity contribution in [2.75, 3.05) is 11.5 Å². The Kier molecular flexibility index (Phi) is 3.20. The second-order valence-electron chi connectivity index (χ2n) is 5.76. The minimum atomic E-state index is 0.395. The van der Waals surface area contributed by atoms with Gasteiger partial charge in [0.05, 0.1) is 11.1 Å². The van der Waals surface area contributed by atoms with E-state index in [1.807, 2.05) is 48.5 Å². The highest BCUT2D eigenvalue weighted by Gasteiger charge is 2.20. The summed E-state index contributed by atoms with van der Waals surface area (Å²) >= 11 is 0. The molecule has 0 saturated heterocycles. The van der Waals surface area contributed by atoms with Crippen LogP contribution < -0.4 is 11.5 Å². The van der Waals surface area contributed by atoms with Gasteiger partial charge in [-0.05, 0) is 18.1 Å². The standard InChI is InChI=1S/C19H17N5/c1-11-7-5-6-10-13(11)16-14(12-8-3-2-4-9-12)15-17(19(21)22-16)23-24-18(15)20/h2-10H,1H3,(H2,21,22)(H3,20,23,24). The van der Waals surface area contributed by atoms with Crippen molar-refractivity contribution in [3.05, 3.63) is 60.2 Å². The average Bonchev–Trinajstić information content (AvgIpc) is 2.99. The number of benzene rings is 2. The third-order valence-corrected chi connectivity index (χ3v) is 4.23. The number of aromatic amines is 1. The van der Waals surface area contributed by atoms with Crippen molar-refractivity contribution in [2.45, 2.75) is 6.92 Å². The summed E-state index contributed by atoms with van der Waals surface area (Å²) in [7, 11) is 0. The first-order valence-electron chi connectivity index (χ1n) is 7.71. The molecular formula is C19H17N5. The molecule has 0 atom stereocenters. The van der Waals surface area contributed by atoms with Crippen LogP contribution in [0, 0.1) is 6.92 Å². The van der Waals surface area contributed by atoms with Gasteiger partial charge in [0.1, 0.15) is 11.3 Å². The molecule has 0 spiro atoms. The molecule has 24 heavy (non-hydrogen) atoms. The van der Waals surface area contributed by atoms with Gasteiger partial charge in [0.25, 0.3) is 0 Å². The van der Waals surface area contributed by atoms with Gasteiger partial charge in [0.2, 0.25) is 0 Å². The summed E-state index contributed by atoms with van der Waals surface area (Å²) in [4.78, 5) is 4.67. The van der Waals surface area contributed by atoms with Crippen molar-refractivity contribution in [3.63, 3.8) is 0 Å². The topological polar surface area (TPSA) is 93.6 Å². The number of hydrogen-bond acceptors (Lipinski definition) is 4. The predicted octanol–water partition coefficient (Wildman–Crippen LogP) is 3.76. The van der Waals surface area contributed by atoms with Crippen molar-refractivity contribution < 1.29 is 0 Å². The normalized spacial score (nSPS) is 11.0. The van der Waals surface area contributed by atoms with Crippen molar-refractivity contribution in [3.8, 4) is 22.4 Å². The van der Waals surface area contributed by atoms with Crippen LogP contribution in [-0.2, 0) is 0 Å². The number of pyridine rings is 1. The lowest BCUT2D eigenvalue weighted by molar-refractivity contribution is 1.12. The summed E-state index contributed by atoms with van der Waals surface area (Å²) < 4.78 is 0. The monoisotopic (exact) mass is 315 g/mol. The van der Waals surface area contributed by atoms with Crippen LogP contribution in [0.1, 0.15) is 5.56 Å². The van der Waals surface area contributed by atoms with Gasteiger partial charge in [-0.15, -0.1) is 0 Å². The number of anilines is 2. The average molecular weight is 315 g/mol. The highest BCUT2D eigenvalue weighted by atomic mass is 15.2. The van der Waals surface area contributed by atoms with Gasteiger partial charge in [-0.25, -0.2) is 4.98 Å². The van der Waals surface area contributed by atoms with Crippen molar-refractivity contribution in [1.29, 1.82) is 0 Å². The molecule has 4 rings (SSSR count). The van der Waals surface area contributed by atoms with E-state index in [0.717, 1.165) is 33.3 Å². The maximum atomic E-state index is 6.17. The van der Waals surface area contributed by atoms with E-state index in [0.29, 0.717) is 17.2 Å². The molecule has 5 N–H and O–H groups in total. The SMILES string of the molecule is Cc1ccccc1-c1nc(N)c2[nH]nc(N)c2c1-c1ccccc1. The van der Waals surface area contributed by atoms with Crippen molar-refractivity contribution in [1.82, 2.24) is 15.2 Å². The van der Waals surface area contributed by atoms with E-state index >= 15 is 0 Å². The van der Waals surface area contributed by atoms with E-state index in [9.17, 15) is 0 Å². The maximum absolute atomic E-state index is 6.17. The lowest BCUT2D eigenvalue weighted by Gasteiger charge is -2.14. The molecule has 4 aromatic rings. The van der Waals surface area contributed by atoms with Crippen molar-refractivity contribution >= 4 is 22.5 Å². The summed E-state index contributed by atoms with van der Waals surface area (Å²) in [5.41, 5.74) is 17.9. The first-order chi connectivity index (χ1) is 11.7. The van der Waals surface area contributed by atoms with Gasteiger partial charge >= 0.3 is 0 Å². The first-order valence-corrected chi connectivity index (χ1v) is 7.71. The number of aryl methyl sites for hydroxylation is 1. The maximum Gasteiger partial charge on any atom is 0.153 e. The van der Waals surface area contributed by atoms with Gasteiger partial charge in [-0.1, -0.05) is 54.6 Å². The molecule has 0 bridgehead atoms. The Hall–Kier alpha value is -3.34. The lowest BCUT2D eigenvalue weighted by Crippen LogP contribution is -1.99. The summed E-state index contributed by atoms with van der Waals surface area (Å²) in [6, 6.07) is 18.2. The smallest absolute Gasteiger partial charge is 0.153 e. The Morgan fingerprint density at radius 3 is 2.33 bits per heavy atom. The molecule has 0 unspecified atom stereocenters. The van der Waals surface area contributed by atoms with Crippen LogP contribution in [-0.4, -0.2) is 15.2 Å². The third kappa shape index (κ3) is 2.10. The summed E-state index contributed by atoms with van der Waals surface area (Å²) in [6.07, 6.45) is 0. The number of nitrogen functional groups attached to an aromatic ring is 2. The number of H-pyrrole nitrogens is 1. The summed E-state index contributed by atoms with van der Waals surface area (Å²) in [5.74, 6) is 0.819. The minimum Gasteiger partial charge on any atom is -0.382 e. The zero-order chi connectivity index (χ0) is 16.7. The molecule has 0 saturated carbocycles. The number of rotatable bonds is 2. The molecule has 0 radical (unpaired) electrons. The number of fused-ring (bicyclic) bond motifs is 1. The fourth-order valence-electron chi connectivity index (χ4n) is 3.06. The van der Waals surface area contributed by atoms with Crippen LogP contribution in [0.15, 0.2) is 54.6 Å². The number of nitrogens with zero attached hydrogens (tertiary/aromatic N) is 2. The third-order valence-electron chi connectivity index (χ3n) is 4.23. The zero-order valence-corrected chi connectivity index (χ0v) is 13.2. The molecular weight excluding hydrogens is 298 g/mol. The largest absolute Gasteiger partial charge is 0.382 e. The molecule has 0 aliphatic heterocycles. The summed E-state index contributed by atoms with van der Waals surface area (Å²) in [5, 5.41) is 7.84. The fourth-order valence-corrected chi connectivity index (χ4v) is 3.06. The number of aromatic nitrogens is 3. The first kappa shape index (κ1) is 14.3. The van der Waals surface area contributed by atoms with Crippen LogP contribution in [0.3, 0.4) is 0 Å². The Labute approximate surface area is 139 Å². The fraction of sp³-hybridized carbons (Fsp3) is 0.0526.